The molecule has 1 aromatic rings. The zero-order valence-corrected chi connectivity index (χ0v) is 16.4. The number of aromatic nitrogens is 2. The highest BCUT2D eigenvalue weighted by atomic mass is 19.1. The Balaban J connectivity index is 1.37. The number of hydrogen-bond acceptors (Lipinski definition) is 6. The maximum absolute atomic E-state index is 14.1. The van der Waals surface area contributed by atoms with Gasteiger partial charge in [-0.1, -0.05) is 6.92 Å². The molecule has 0 bridgehead atoms. The van der Waals surface area contributed by atoms with E-state index in [4.69, 9.17) is 4.74 Å². The molecule has 0 spiro atoms. The van der Waals surface area contributed by atoms with Gasteiger partial charge < -0.3 is 20.8 Å². The topological polar surface area (TPSA) is 92.6 Å². The van der Waals surface area contributed by atoms with E-state index in [1.165, 1.54) is 0 Å². The van der Waals surface area contributed by atoms with E-state index in [1.807, 2.05) is 0 Å². The molecule has 3 aliphatic rings. The Morgan fingerprint density at radius 2 is 2.36 bits per heavy atom. The van der Waals surface area contributed by atoms with Crippen molar-refractivity contribution in [3.05, 3.63) is 12.4 Å². The van der Waals surface area contributed by atoms with Crippen LogP contribution < -0.4 is 16.1 Å². The van der Waals surface area contributed by atoms with Crippen LogP contribution in [0.1, 0.15) is 38.6 Å². The van der Waals surface area contributed by atoms with Gasteiger partial charge in [-0.25, -0.2) is 4.39 Å². The molecule has 0 aromatic carbocycles. The fourth-order valence-electron chi connectivity index (χ4n) is 4.76. The fourth-order valence-corrected chi connectivity index (χ4v) is 4.76. The summed E-state index contributed by atoms with van der Waals surface area (Å²) in [6.45, 7) is 4.03. The number of ether oxygens (including phenoxy) is 1. The monoisotopic (exact) mass is 392 g/mol. The summed E-state index contributed by atoms with van der Waals surface area (Å²) in [6, 6.07) is -0.127. The lowest BCUT2D eigenvalue weighted by molar-refractivity contribution is -0.110. The van der Waals surface area contributed by atoms with Crippen LogP contribution in [0.5, 0.6) is 0 Å². The Kier molecular flexibility index (Phi) is 5.37. The minimum atomic E-state index is -0.981. The number of fused-ring (bicyclic) bond motifs is 1. The van der Waals surface area contributed by atoms with E-state index in [-0.39, 0.29) is 29.3 Å². The summed E-state index contributed by atoms with van der Waals surface area (Å²) >= 11 is 0. The van der Waals surface area contributed by atoms with E-state index in [2.05, 4.69) is 33.2 Å². The van der Waals surface area contributed by atoms with Gasteiger partial charge in [0.1, 0.15) is 11.9 Å². The van der Waals surface area contributed by atoms with Crippen molar-refractivity contribution in [3.63, 3.8) is 0 Å². The van der Waals surface area contributed by atoms with Gasteiger partial charge in [0.2, 0.25) is 0 Å². The molecule has 3 N–H and O–H groups in total. The van der Waals surface area contributed by atoms with Gasteiger partial charge in [-0.2, -0.15) is 10.2 Å². The number of amides is 1. The van der Waals surface area contributed by atoms with Crippen LogP contribution in [0.3, 0.4) is 0 Å². The lowest BCUT2D eigenvalue weighted by Crippen LogP contribution is -2.44. The highest BCUT2D eigenvalue weighted by Gasteiger charge is 2.44. The molecular weight excluding hydrogens is 363 g/mol. The molecule has 28 heavy (non-hydrogen) atoms. The number of carbonyl (C=O) groups excluding carboxylic acids is 1. The van der Waals surface area contributed by atoms with E-state index in [0.717, 1.165) is 25.8 Å². The van der Waals surface area contributed by atoms with Crippen LogP contribution in [0, 0.1) is 11.3 Å². The second kappa shape index (κ2) is 7.79. The smallest absolute Gasteiger partial charge is 0.272 e. The molecule has 1 aliphatic carbocycles. The van der Waals surface area contributed by atoms with Crippen molar-refractivity contribution in [1.82, 2.24) is 20.5 Å². The quantitative estimate of drug-likeness (QED) is 0.706. The van der Waals surface area contributed by atoms with Gasteiger partial charge in [0, 0.05) is 25.8 Å². The van der Waals surface area contributed by atoms with E-state index < -0.39 is 6.17 Å². The zero-order valence-electron chi connectivity index (χ0n) is 16.4. The van der Waals surface area contributed by atoms with Crippen molar-refractivity contribution in [2.45, 2.75) is 50.9 Å². The van der Waals surface area contributed by atoms with Gasteiger partial charge in [-0.05, 0) is 37.6 Å². The predicted octanol–water partition coefficient (Wildman–Crippen LogP) is 1.47. The third kappa shape index (κ3) is 3.77. The average molecular weight is 392 g/mol. The second-order valence-corrected chi connectivity index (χ2v) is 8.56. The van der Waals surface area contributed by atoms with Crippen molar-refractivity contribution < 1.29 is 13.9 Å². The van der Waals surface area contributed by atoms with Crippen LogP contribution in [0.15, 0.2) is 17.5 Å². The molecule has 3 heterocycles. The molecular formula is C19H29FN6O2. The van der Waals surface area contributed by atoms with Gasteiger partial charge in [-0.3, -0.25) is 9.48 Å². The van der Waals surface area contributed by atoms with Crippen LogP contribution >= 0.6 is 0 Å². The molecule has 2 fully saturated rings. The van der Waals surface area contributed by atoms with Crippen molar-refractivity contribution in [2.75, 3.05) is 32.1 Å². The normalized spacial score (nSPS) is 35.0. The third-order valence-corrected chi connectivity index (χ3v) is 6.26. The average Bonchev–Trinajstić information content (AvgIpc) is 3.28. The van der Waals surface area contributed by atoms with Gasteiger partial charge in [0.15, 0.2) is 0 Å². The number of carbonyl (C=O) groups is 1. The number of hydrazone groups is 1. The van der Waals surface area contributed by atoms with Gasteiger partial charge in [-0.15, -0.1) is 0 Å². The highest BCUT2D eigenvalue weighted by molar-refractivity contribution is 6.44. The molecule has 1 amide bonds. The van der Waals surface area contributed by atoms with Crippen LogP contribution in [-0.4, -0.2) is 60.4 Å². The van der Waals surface area contributed by atoms with Gasteiger partial charge >= 0.3 is 0 Å². The summed E-state index contributed by atoms with van der Waals surface area (Å²) in [6.07, 6.45) is 5.81. The number of nitrogens with one attached hydrogen (secondary N) is 3. The van der Waals surface area contributed by atoms with Gasteiger partial charge in [0.05, 0.1) is 30.6 Å². The van der Waals surface area contributed by atoms with E-state index in [0.29, 0.717) is 31.0 Å². The number of anilines is 1. The highest BCUT2D eigenvalue weighted by Crippen LogP contribution is 2.41. The van der Waals surface area contributed by atoms with Crippen LogP contribution in [0.4, 0.5) is 10.1 Å². The molecule has 1 aromatic heterocycles. The molecule has 154 valence electrons. The Labute approximate surface area is 164 Å². The maximum Gasteiger partial charge on any atom is 0.272 e. The molecule has 1 saturated heterocycles. The molecule has 0 radical (unpaired) electrons. The minimum Gasteiger partial charge on any atom is -0.384 e. The SMILES string of the molecule is COC[C@@]1(C)CCC2C(C(=O)Nc3cnn([C@H]4CCNC[C@@H]4F)c3)=NNC2C1. The number of alkyl halides is 1. The van der Waals surface area contributed by atoms with Crippen molar-refractivity contribution >= 4 is 17.3 Å². The molecule has 9 heteroatoms. The maximum atomic E-state index is 14.1. The Morgan fingerprint density at radius 1 is 1.50 bits per heavy atom. The predicted molar refractivity (Wildman–Crippen MR) is 104 cm³/mol. The first-order valence-corrected chi connectivity index (χ1v) is 10.0. The second-order valence-electron chi connectivity index (χ2n) is 8.56. The van der Waals surface area contributed by atoms with Gasteiger partial charge in [0.25, 0.3) is 5.91 Å². The number of rotatable bonds is 5. The number of halogens is 1. The summed E-state index contributed by atoms with van der Waals surface area (Å²) in [4.78, 5) is 12.8. The van der Waals surface area contributed by atoms with Crippen molar-refractivity contribution in [1.29, 1.82) is 0 Å². The molecule has 5 atom stereocenters. The number of methoxy groups -OCH3 is 1. The van der Waals surface area contributed by atoms with E-state index >= 15 is 0 Å². The third-order valence-electron chi connectivity index (χ3n) is 6.26. The van der Waals surface area contributed by atoms with Crippen molar-refractivity contribution in [3.8, 4) is 0 Å². The number of piperidine rings is 1. The Bertz CT molecular complexity index is 753. The first-order valence-electron chi connectivity index (χ1n) is 10.0. The molecule has 1 saturated carbocycles. The first kappa shape index (κ1) is 19.3. The fraction of sp³-hybridized carbons (Fsp3) is 0.737. The van der Waals surface area contributed by atoms with Crippen LogP contribution in [-0.2, 0) is 9.53 Å². The standard InChI is InChI=1S/C19H29FN6O2/c1-19(11-28-2)5-3-13-15(7-19)24-25-17(13)18(27)23-12-8-22-26(10-12)16-4-6-21-9-14(16)20/h8,10,13-16,21,24H,3-7,9,11H2,1-2H3,(H,23,27)/t13?,14-,15?,16-,19-/m0/s1. The lowest BCUT2D eigenvalue weighted by Gasteiger charge is -2.39. The summed E-state index contributed by atoms with van der Waals surface area (Å²) in [5.41, 5.74) is 4.38. The summed E-state index contributed by atoms with van der Waals surface area (Å²) < 4.78 is 21.1. The minimum absolute atomic E-state index is 0.111. The molecule has 2 aliphatic heterocycles. The van der Waals surface area contributed by atoms with E-state index in [1.54, 1.807) is 24.2 Å². The molecule has 2 unspecified atom stereocenters. The van der Waals surface area contributed by atoms with Crippen LogP contribution in [0.25, 0.3) is 0 Å². The first-order chi connectivity index (χ1) is 13.5. The Hall–Kier alpha value is -2.00. The summed E-state index contributed by atoms with van der Waals surface area (Å²) in [5, 5.41) is 14.5. The molecule has 4 rings (SSSR count). The molecule has 8 nitrogen and oxygen atoms in total. The van der Waals surface area contributed by atoms with Crippen LogP contribution in [0.2, 0.25) is 0 Å². The Morgan fingerprint density at radius 3 is 3.14 bits per heavy atom. The lowest BCUT2D eigenvalue weighted by atomic mass is 9.69. The van der Waals surface area contributed by atoms with E-state index in [9.17, 15) is 9.18 Å². The zero-order chi connectivity index (χ0) is 19.7. The number of hydrogen-bond donors (Lipinski definition) is 3. The summed E-state index contributed by atoms with van der Waals surface area (Å²) in [5.74, 6) is -0.100. The number of nitrogens with zero attached hydrogens (tertiary/aromatic N) is 3. The largest absolute Gasteiger partial charge is 0.384 e. The van der Waals surface area contributed by atoms with Crippen molar-refractivity contribution in [2.24, 2.45) is 16.4 Å². The summed E-state index contributed by atoms with van der Waals surface area (Å²) in [7, 11) is 1.73.